The van der Waals surface area contributed by atoms with Crippen molar-refractivity contribution in [2.24, 2.45) is 0 Å². The lowest BCUT2D eigenvalue weighted by molar-refractivity contribution is -0.130. The second-order valence-corrected chi connectivity index (χ2v) is 4.63. The van der Waals surface area contributed by atoms with Crippen LogP contribution < -0.4 is 0 Å². The van der Waals surface area contributed by atoms with E-state index in [-0.39, 0.29) is 18.1 Å². The average Bonchev–Trinajstić information content (AvgIpc) is 2.75. The monoisotopic (exact) mass is 229 g/mol. The number of ether oxygens (including phenoxy) is 1. The first-order valence-electron chi connectivity index (χ1n) is 6.13. The van der Waals surface area contributed by atoms with E-state index in [0.29, 0.717) is 19.4 Å². The standard InChI is InChI=1S/C12H23NO3/c1-10(14)7-8-13(2)12(15)6-5-11-4-3-9-16-11/h10-11,14H,3-9H2,1-2H3. The van der Waals surface area contributed by atoms with E-state index in [2.05, 4.69) is 0 Å². The van der Waals surface area contributed by atoms with Gasteiger partial charge in [0.15, 0.2) is 0 Å². The fraction of sp³-hybridized carbons (Fsp3) is 0.917. The molecule has 1 rings (SSSR count). The van der Waals surface area contributed by atoms with Gasteiger partial charge in [0.25, 0.3) is 0 Å². The van der Waals surface area contributed by atoms with Crippen LogP contribution in [-0.4, -0.2) is 48.3 Å². The molecule has 1 heterocycles. The number of rotatable bonds is 6. The zero-order valence-electron chi connectivity index (χ0n) is 10.3. The van der Waals surface area contributed by atoms with Crippen molar-refractivity contribution in [3.63, 3.8) is 0 Å². The molecular weight excluding hydrogens is 206 g/mol. The van der Waals surface area contributed by atoms with Gasteiger partial charge in [0.05, 0.1) is 12.2 Å². The summed E-state index contributed by atoms with van der Waals surface area (Å²) in [6.07, 6.45) is 4.19. The van der Waals surface area contributed by atoms with Gasteiger partial charge in [-0.15, -0.1) is 0 Å². The van der Waals surface area contributed by atoms with Gasteiger partial charge in [-0.25, -0.2) is 0 Å². The van der Waals surface area contributed by atoms with Crippen molar-refractivity contribution in [2.45, 2.75) is 51.2 Å². The van der Waals surface area contributed by atoms with Crippen molar-refractivity contribution in [3.8, 4) is 0 Å². The molecule has 1 saturated heterocycles. The number of nitrogens with zero attached hydrogens (tertiary/aromatic N) is 1. The molecule has 0 bridgehead atoms. The minimum Gasteiger partial charge on any atom is -0.393 e. The first-order chi connectivity index (χ1) is 7.59. The Bertz CT molecular complexity index is 212. The van der Waals surface area contributed by atoms with Gasteiger partial charge in [-0.2, -0.15) is 0 Å². The number of aliphatic hydroxyl groups excluding tert-OH is 1. The lowest BCUT2D eigenvalue weighted by atomic mass is 10.1. The molecule has 1 aliphatic heterocycles. The number of hydrogen-bond acceptors (Lipinski definition) is 3. The topological polar surface area (TPSA) is 49.8 Å². The van der Waals surface area contributed by atoms with E-state index in [1.807, 2.05) is 0 Å². The summed E-state index contributed by atoms with van der Waals surface area (Å²) >= 11 is 0. The normalized spacial score (nSPS) is 22.1. The summed E-state index contributed by atoms with van der Waals surface area (Å²) in [4.78, 5) is 13.4. The molecule has 2 unspecified atom stereocenters. The third kappa shape index (κ3) is 4.94. The van der Waals surface area contributed by atoms with Gasteiger partial charge in [0.2, 0.25) is 5.91 Å². The predicted octanol–water partition coefficient (Wildman–Crippen LogP) is 1.17. The summed E-state index contributed by atoms with van der Waals surface area (Å²) in [6.45, 7) is 3.21. The molecular formula is C12H23NO3. The average molecular weight is 229 g/mol. The van der Waals surface area contributed by atoms with Crippen LogP contribution in [0, 0.1) is 0 Å². The molecule has 0 aromatic heterocycles. The number of hydrogen-bond donors (Lipinski definition) is 1. The maximum Gasteiger partial charge on any atom is 0.222 e. The maximum atomic E-state index is 11.7. The highest BCUT2D eigenvalue weighted by Gasteiger charge is 2.18. The molecule has 0 radical (unpaired) electrons. The third-order valence-corrected chi connectivity index (χ3v) is 3.01. The van der Waals surface area contributed by atoms with Crippen LogP contribution in [0.4, 0.5) is 0 Å². The van der Waals surface area contributed by atoms with E-state index in [9.17, 15) is 4.79 Å². The highest BCUT2D eigenvalue weighted by Crippen LogP contribution is 2.17. The first-order valence-corrected chi connectivity index (χ1v) is 6.13. The molecule has 1 N–H and O–H groups in total. The van der Waals surface area contributed by atoms with Gasteiger partial charge in [-0.05, 0) is 32.6 Å². The van der Waals surface area contributed by atoms with Crippen molar-refractivity contribution in [2.75, 3.05) is 20.2 Å². The Morgan fingerprint density at radius 1 is 1.62 bits per heavy atom. The number of carbonyl (C=O) groups excluding carboxylic acids is 1. The largest absolute Gasteiger partial charge is 0.393 e. The fourth-order valence-electron chi connectivity index (χ4n) is 1.85. The molecule has 2 atom stereocenters. The lowest BCUT2D eigenvalue weighted by Crippen LogP contribution is -2.29. The zero-order chi connectivity index (χ0) is 12.0. The van der Waals surface area contributed by atoms with Gasteiger partial charge in [-0.1, -0.05) is 0 Å². The van der Waals surface area contributed by atoms with Crippen LogP contribution in [-0.2, 0) is 9.53 Å². The Morgan fingerprint density at radius 3 is 2.94 bits per heavy atom. The molecule has 16 heavy (non-hydrogen) atoms. The smallest absolute Gasteiger partial charge is 0.222 e. The zero-order valence-corrected chi connectivity index (χ0v) is 10.3. The second-order valence-electron chi connectivity index (χ2n) is 4.63. The maximum absolute atomic E-state index is 11.7. The Kier molecular flexibility index (Phi) is 5.77. The second kappa shape index (κ2) is 6.86. The molecule has 4 nitrogen and oxygen atoms in total. The van der Waals surface area contributed by atoms with E-state index in [4.69, 9.17) is 9.84 Å². The highest BCUT2D eigenvalue weighted by atomic mass is 16.5. The van der Waals surface area contributed by atoms with E-state index in [1.165, 1.54) is 0 Å². The van der Waals surface area contributed by atoms with E-state index in [1.54, 1.807) is 18.9 Å². The van der Waals surface area contributed by atoms with Crippen molar-refractivity contribution in [1.29, 1.82) is 0 Å². The summed E-state index contributed by atoms with van der Waals surface area (Å²) in [5.41, 5.74) is 0. The minimum atomic E-state index is -0.339. The van der Waals surface area contributed by atoms with Crippen LogP contribution >= 0.6 is 0 Å². The van der Waals surface area contributed by atoms with Crippen LogP contribution in [0.3, 0.4) is 0 Å². The fourth-order valence-corrected chi connectivity index (χ4v) is 1.85. The van der Waals surface area contributed by atoms with Gasteiger partial charge in [-0.3, -0.25) is 4.79 Å². The first kappa shape index (κ1) is 13.5. The summed E-state index contributed by atoms with van der Waals surface area (Å²) in [5, 5.41) is 9.13. The van der Waals surface area contributed by atoms with E-state index in [0.717, 1.165) is 25.9 Å². The van der Waals surface area contributed by atoms with Crippen molar-refractivity contribution >= 4 is 5.91 Å². The van der Waals surface area contributed by atoms with Gasteiger partial charge in [0.1, 0.15) is 0 Å². The minimum absolute atomic E-state index is 0.149. The molecule has 0 saturated carbocycles. The van der Waals surface area contributed by atoms with Crippen molar-refractivity contribution < 1.29 is 14.6 Å². The van der Waals surface area contributed by atoms with E-state index < -0.39 is 0 Å². The SMILES string of the molecule is CC(O)CCN(C)C(=O)CCC1CCCO1. The molecule has 4 heteroatoms. The van der Waals surface area contributed by atoms with Gasteiger partial charge in [0, 0.05) is 26.6 Å². The van der Waals surface area contributed by atoms with Gasteiger partial charge >= 0.3 is 0 Å². The van der Waals surface area contributed by atoms with Crippen LogP contribution in [0.1, 0.15) is 39.0 Å². The molecule has 0 aliphatic carbocycles. The van der Waals surface area contributed by atoms with Gasteiger partial charge < -0.3 is 14.7 Å². The summed E-state index contributed by atoms with van der Waals surface area (Å²) in [5.74, 6) is 0.149. The molecule has 0 aromatic rings. The number of carbonyl (C=O) groups is 1. The Morgan fingerprint density at radius 2 is 2.38 bits per heavy atom. The Labute approximate surface area is 97.6 Å². The summed E-state index contributed by atoms with van der Waals surface area (Å²) in [7, 11) is 1.79. The molecule has 1 fully saturated rings. The molecule has 0 spiro atoms. The van der Waals surface area contributed by atoms with Crippen LogP contribution in [0.5, 0.6) is 0 Å². The van der Waals surface area contributed by atoms with Crippen LogP contribution in [0.2, 0.25) is 0 Å². The Hall–Kier alpha value is -0.610. The van der Waals surface area contributed by atoms with Crippen molar-refractivity contribution in [3.05, 3.63) is 0 Å². The molecule has 1 aliphatic rings. The lowest BCUT2D eigenvalue weighted by Gasteiger charge is -2.18. The highest BCUT2D eigenvalue weighted by molar-refractivity contribution is 5.75. The quantitative estimate of drug-likeness (QED) is 0.744. The van der Waals surface area contributed by atoms with Crippen molar-refractivity contribution in [1.82, 2.24) is 4.90 Å². The molecule has 1 amide bonds. The molecule has 94 valence electrons. The summed E-state index contributed by atoms with van der Waals surface area (Å²) in [6, 6.07) is 0. The molecule has 0 aromatic carbocycles. The van der Waals surface area contributed by atoms with Crippen LogP contribution in [0.25, 0.3) is 0 Å². The number of amides is 1. The van der Waals surface area contributed by atoms with Crippen LogP contribution in [0.15, 0.2) is 0 Å². The predicted molar refractivity (Wildman–Crippen MR) is 62.1 cm³/mol. The summed E-state index contributed by atoms with van der Waals surface area (Å²) < 4.78 is 5.47. The third-order valence-electron chi connectivity index (χ3n) is 3.01. The number of aliphatic hydroxyl groups is 1. The Balaban J connectivity index is 2.12. The van der Waals surface area contributed by atoms with E-state index >= 15 is 0 Å².